The van der Waals surface area contributed by atoms with Gasteiger partial charge in [-0.05, 0) is 46.5 Å². The molecule has 0 saturated carbocycles. The lowest BCUT2D eigenvalue weighted by Gasteiger charge is -2.30. The summed E-state index contributed by atoms with van der Waals surface area (Å²) in [5, 5.41) is 1.28. The minimum atomic E-state index is 0.212. The summed E-state index contributed by atoms with van der Waals surface area (Å²) < 4.78 is 6.44. The Morgan fingerprint density at radius 1 is 1.11 bits per heavy atom. The van der Waals surface area contributed by atoms with Gasteiger partial charge in [0.15, 0.2) is 0 Å². The van der Waals surface area contributed by atoms with E-state index >= 15 is 0 Å². The van der Waals surface area contributed by atoms with Crippen LogP contribution in [0.2, 0.25) is 5.15 Å². The molecule has 1 atom stereocenters. The van der Waals surface area contributed by atoms with E-state index in [-0.39, 0.29) is 6.10 Å². The zero-order chi connectivity index (χ0) is 19.0. The molecule has 0 amide bonds. The van der Waals surface area contributed by atoms with Crippen LogP contribution < -0.4 is 9.64 Å². The second-order valence-electron chi connectivity index (χ2n) is 7.98. The van der Waals surface area contributed by atoms with E-state index in [2.05, 4.69) is 57.9 Å². The molecule has 6 nitrogen and oxygen atoms in total. The highest BCUT2D eigenvalue weighted by Crippen LogP contribution is 2.37. The number of aromatic nitrogens is 2. The van der Waals surface area contributed by atoms with Crippen LogP contribution in [0, 0.1) is 0 Å². The molecule has 0 bridgehead atoms. The van der Waals surface area contributed by atoms with Crippen LogP contribution in [0.25, 0.3) is 10.9 Å². The molecule has 0 radical (unpaired) electrons. The molecule has 7 heteroatoms. The van der Waals surface area contributed by atoms with Crippen LogP contribution in [0.4, 0.5) is 5.69 Å². The average molecular weight is 390 g/mol. The highest BCUT2D eigenvalue weighted by atomic mass is 35.5. The number of likely N-dealkylation sites (tertiary alicyclic amines) is 1. The number of likely N-dealkylation sites (N-methyl/N-ethyl adjacent to an activating group) is 1. The van der Waals surface area contributed by atoms with Crippen molar-refractivity contribution in [3.63, 3.8) is 0 Å². The third-order valence-electron chi connectivity index (χ3n) is 5.86. The Hall–Kier alpha value is -1.63. The van der Waals surface area contributed by atoms with Crippen LogP contribution in [-0.4, -0.2) is 79.2 Å². The summed E-state index contributed by atoms with van der Waals surface area (Å²) in [6, 6.07) is 4.82. The molecule has 1 aromatic carbocycles. The number of piperidine rings is 1. The first kappa shape index (κ1) is 18.7. The molecule has 0 N–H and O–H groups in total. The number of benzene rings is 1. The molecule has 3 heterocycles. The molecule has 27 heavy (non-hydrogen) atoms. The van der Waals surface area contributed by atoms with Crippen molar-refractivity contribution in [1.29, 1.82) is 0 Å². The summed E-state index contributed by atoms with van der Waals surface area (Å²) in [6.45, 7) is 4.18. The molecule has 0 aliphatic carbocycles. The minimum Gasteiger partial charge on any atom is -0.489 e. The van der Waals surface area contributed by atoms with Gasteiger partial charge in [-0.25, -0.2) is 9.97 Å². The number of halogens is 1. The van der Waals surface area contributed by atoms with Gasteiger partial charge in [0.1, 0.15) is 23.3 Å². The Morgan fingerprint density at radius 2 is 1.89 bits per heavy atom. The third kappa shape index (κ3) is 3.98. The summed E-state index contributed by atoms with van der Waals surface area (Å²) >= 11 is 6.42. The second kappa shape index (κ2) is 7.78. The summed E-state index contributed by atoms with van der Waals surface area (Å²) in [5.74, 6) is 0.816. The molecule has 1 aromatic heterocycles. The molecule has 2 aromatic rings. The van der Waals surface area contributed by atoms with Crippen molar-refractivity contribution in [2.75, 3.05) is 52.2 Å². The maximum atomic E-state index is 6.44. The number of ether oxygens (including phenoxy) is 1. The van der Waals surface area contributed by atoms with Gasteiger partial charge >= 0.3 is 0 Å². The Bertz CT molecular complexity index is 806. The summed E-state index contributed by atoms with van der Waals surface area (Å²) in [4.78, 5) is 15.7. The van der Waals surface area contributed by atoms with E-state index in [1.807, 2.05) is 0 Å². The number of anilines is 1. The van der Waals surface area contributed by atoms with Crippen molar-refractivity contribution >= 4 is 28.2 Å². The summed E-state index contributed by atoms with van der Waals surface area (Å²) in [6.07, 6.45) is 4.96. The van der Waals surface area contributed by atoms with Gasteiger partial charge in [0.25, 0.3) is 0 Å². The van der Waals surface area contributed by atoms with Gasteiger partial charge in [-0.2, -0.15) is 0 Å². The lowest BCUT2D eigenvalue weighted by molar-refractivity contribution is 0.116. The van der Waals surface area contributed by atoms with E-state index in [1.165, 1.54) is 12.7 Å². The largest absolute Gasteiger partial charge is 0.489 e. The molecule has 2 aliphatic heterocycles. The number of hydrogen-bond acceptors (Lipinski definition) is 6. The van der Waals surface area contributed by atoms with E-state index in [0.717, 1.165) is 61.4 Å². The van der Waals surface area contributed by atoms with Gasteiger partial charge < -0.3 is 19.4 Å². The van der Waals surface area contributed by atoms with Crippen LogP contribution in [-0.2, 0) is 0 Å². The van der Waals surface area contributed by atoms with Gasteiger partial charge in [-0.15, -0.1) is 0 Å². The van der Waals surface area contributed by atoms with Gasteiger partial charge in [0.05, 0.1) is 10.9 Å². The van der Waals surface area contributed by atoms with Crippen molar-refractivity contribution in [1.82, 2.24) is 19.8 Å². The zero-order valence-corrected chi connectivity index (χ0v) is 17.1. The topological polar surface area (TPSA) is 44.7 Å². The van der Waals surface area contributed by atoms with Crippen LogP contribution in [0.3, 0.4) is 0 Å². The Morgan fingerprint density at radius 3 is 2.59 bits per heavy atom. The van der Waals surface area contributed by atoms with Crippen molar-refractivity contribution in [3.05, 3.63) is 23.6 Å². The van der Waals surface area contributed by atoms with Crippen LogP contribution in [0.15, 0.2) is 18.5 Å². The van der Waals surface area contributed by atoms with E-state index in [1.54, 1.807) is 0 Å². The van der Waals surface area contributed by atoms with Crippen LogP contribution in [0.5, 0.6) is 5.75 Å². The predicted octanol–water partition coefficient (Wildman–Crippen LogP) is 2.90. The normalized spacial score (nSPS) is 22.1. The summed E-state index contributed by atoms with van der Waals surface area (Å²) in [7, 11) is 6.46. The highest BCUT2D eigenvalue weighted by molar-refractivity contribution is 6.34. The lowest BCUT2D eigenvalue weighted by atomic mass is 10.1. The van der Waals surface area contributed by atoms with Crippen molar-refractivity contribution in [2.45, 2.75) is 31.4 Å². The van der Waals surface area contributed by atoms with Gasteiger partial charge in [-0.1, -0.05) is 11.6 Å². The first-order valence-corrected chi connectivity index (χ1v) is 10.1. The smallest absolute Gasteiger partial charge is 0.144 e. The third-order valence-corrected chi connectivity index (χ3v) is 6.14. The van der Waals surface area contributed by atoms with Gasteiger partial charge in [0.2, 0.25) is 0 Å². The van der Waals surface area contributed by atoms with Crippen molar-refractivity contribution < 1.29 is 4.74 Å². The fraction of sp³-hybridized carbons (Fsp3) is 0.600. The maximum absolute atomic E-state index is 6.44. The molecule has 2 aliphatic rings. The number of hydrogen-bond donors (Lipinski definition) is 0. The van der Waals surface area contributed by atoms with Gasteiger partial charge in [-0.3, -0.25) is 0 Å². The highest BCUT2D eigenvalue weighted by Gasteiger charge is 2.26. The van der Waals surface area contributed by atoms with Crippen LogP contribution >= 0.6 is 11.6 Å². The molecule has 4 rings (SSSR count). The SMILES string of the molecule is CN1CCC(Oc2cc(N3CC[C@@H](N(C)C)C3)cc3ncnc(Cl)c23)CC1. The average Bonchev–Trinajstić information content (AvgIpc) is 3.14. The second-order valence-corrected chi connectivity index (χ2v) is 8.33. The van der Waals surface area contributed by atoms with E-state index in [0.29, 0.717) is 11.2 Å². The van der Waals surface area contributed by atoms with E-state index in [4.69, 9.17) is 16.3 Å². The molecule has 0 unspecified atom stereocenters. The van der Waals surface area contributed by atoms with Gasteiger partial charge in [0, 0.05) is 44.0 Å². The summed E-state index contributed by atoms with van der Waals surface area (Å²) in [5.41, 5.74) is 2.01. The first-order chi connectivity index (χ1) is 13.0. The Kier molecular flexibility index (Phi) is 5.39. The fourth-order valence-corrected chi connectivity index (χ4v) is 4.29. The minimum absolute atomic E-state index is 0.212. The van der Waals surface area contributed by atoms with Crippen molar-refractivity contribution in [3.8, 4) is 5.75 Å². The fourth-order valence-electron chi connectivity index (χ4n) is 4.06. The standard InChI is InChI=1S/C20H28ClN5O/c1-24(2)14-4-9-26(12-14)15-10-17-19(20(21)23-13-22-17)18(11-15)27-16-5-7-25(3)8-6-16/h10-11,13-14,16H,4-9,12H2,1-3H3/t14-/m1/s1. The van der Waals surface area contributed by atoms with E-state index in [9.17, 15) is 0 Å². The lowest BCUT2D eigenvalue weighted by Crippen LogP contribution is -2.35. The zero-order valence-electron chi connectivity index (χ0n) is 16.4. The molecular weight excluding hydrogens is 362 g/mol. The molecule has 0 spiro atoms. The molecule has 146 valence electrons. The number of rotatable bonds is 4. The first-order valence-electron chi connectivity index (χ1n) is 9.72. The molecular formula is C20H28ClN5O. The maximum Gasteiger partial charge on any atom is 0.144 e. The molecule has 2 fully saturated rings. The quantitative estimate of drug-likeness (QED) is 0.749. The van der Waals surface area contributed by atoms with E-state index < -0.39 is 0 Å². The Balaban J connectivity index is 1.66. The predicted molar refractivity (Wildman–Crippen MR) is 110 cm³/mol. The number of fused-ring (bicyclic) bond motifs is 1. The van der Waals surface area contributed by atoms with Crippen molar-refractivity contribution in [2.24, 2.45) is 0 Å². The monoisotopic (exact) mass is 389 g/mol. The van der Waals surface area contributed by atoms with Crippen LogP contribution in [0.1, 0.15) is 19.3 Å². The Labute approximate surface area is 166 Å². The number of nitrogens with zero attached hydrogens (tertiary/aromatic N) is 5. The molecule has 2 saturated heterocycles.